The average Bonchev–Trinajstić information content (AvgIpc) is 3.46. The summed E-state index contributed by atoms with van der Waals surface area (Å²) in [5, 5.41) is 3.05. The molecule has 9 heteroatoms. The molecule has 32 heavy (non-hydrogen) atoms. The van der Waals surface area contributed by atoms with Crippen molar-refractivity contribution in [1.82, 2.24) is 4.57 Å². The van der Waals surface area contributed by atoms with E-state index >= 15 is 0 Å². The van der Waals surface area contributed by atoms with E-state index in [4.69, 9.17) is 47.1 Å². The van der Waals surface area contributed by atoms with E-state index in [1.165, 1.54) is 0 Å². The van der Waals surface area contributed by atoms with Crippen LogP contribution in [0.3, 0.4) is 0 Å². The fraction of sp³-hybridized carbons (Fsp3) is 0.348. The van der Waals surface area contributed by atoms with Crippen LogP contribution in [0.5, 0.6) is 17.2 Å². The van der Waals surface area contributed by atoms with Crippen LogP contribution in [0.1, 0.15) is 12.8 Å². The minimum atomic E-state index is 0.137. The van der Waals surface area contributed by atoms with Gasteiger partial charge in [-0.15, -0.1) is 11.3 Å². The fourth-order valence-electron chi connectivity index (χ4n) is 3.71. The molecule has 1 aliphatic heterocycles. The van der Waals surface area contributed by atoms with Crippen molar-refractivity contribution >= 4 is 40.2 Å². The van der Waals surface area contributed by atoms with Gasteiger partial charge in [-0.2, -0.15) is 0 Å². The number of thiazole rings is 1. The zero-order valence-electron chi connectivity index (χ0n) is 18.1. The molecular formula is C23H24Cl2N2O4S. The minimum absolute atomic E-state index is 0.137. The molecule has 3 aromatic rings. The number of aromatic nitrogens is 1. The molecule has 0 saturated carbocycles. The zero-order chi connectivity index (χ0) is 22.7. The van der Waals surface area contributed by atoms with Crippen LogP contribution in [0, 0.1) is 0 Å². The molecule has 1 fully saturated rings. The van der Waals surface area contributed by atoms with Crippen LogP contribution >= 0.6 is 34.5 Å². The van der Waals surface area contributed by atoms with Crippen LogP contribution in [-0.2, 0) is 11.3 Å². The lowest BCUT2D eigenvalue weighted by Gasteiger charge is -2.17. The molecule has 170 valence electrons. The summed E-state index contributed by atoms with van der Waals surface area (Å²) < 4.78 is 24.7. The van der Waals surface area contributed by atoms with Gasteiger partial charge in [0, 0.05) is 17.6 Å². The molecular weight excluding hydrogens is 471 g/mol. The number of benzene rings is 2. The predicted octanol–water partition coefficient (Wildman–Crippen LogP) is 5.96. The Bertz CT molecular complexity index is 1140. The molecule has 6 nitrogen and oxygen atoms in total. The summed E-state index contributed by atoms with van der Waals surface area (Å²) in [7, 11) is 4.82. The van der Waals surface area contributed by atoms with E-state index < -0.39 is 0 Å². The van der Waals surface area contributed by atoms with Crippen LogP contribution in [0.2, 0.25) is 10.0 Å². The van der Waals surface area contributed by atoms with Gasteiger partial charge in [0.25, 0.3) is 0 Å². The maximum atomic E-state index is 6.20. The molecule has 1 saturated heterocycles. The monoisotopic (exact) mass is 494 g/mol. The van der Waals surface area contributed by atoms with Gasteiger partial charge in [-0.1, -0.05) is 23.2 Å². The molecule has 1 aromatic heterocycles. The van der Waals surface area contributed by atoms with E-state index in [0.717, 1.165) is 41.2 Å². The van der Waals surface area contributed by atoms with Crippen LogP contribution in [0.15, 0.2) is 40.7 Å². The first kappa shape index (κ1) is 23.0. The highest BCUT2D eigenvalue weighted by molar-refractivity contribution is 7.07. The van der Waals surface area contributed by atoms with Crippen molar-refractivity contribution in [1.29, 1.82) is 0 Å². The van der Waals surface area contributed by atoms with Crippen molar-refractivity contribution in [2.24, 2.45) is 4.99 Å². The first-order chi connectivity index (χ1) is 15.5. The molecule has 2 heterocycles. The van der Waals surface area contributed by atoms with Crippen molar-refractivity contribution < 1.29 is 18.9 Å². The molecule has 0 aliphatic carbocycles. The molecule has 0 spiro atoms. The Morgan fingerprint density at radius 3 is 2.41 bits per heavy atom. The highest BCUT2D eigenvalue weighted by Gasteiger charge is 2.21. The van der Waals surface area contributed by atoms with Gasteiger partial charge in [0.1, 0.15) is 0 Å². The number of halogens is 2. The molecule has 0 radical (unpaired) electrons. The van der Waals surface area contributed by atoms with Gasteiger partial charge in [-0.05, 0) is 43.2 Å². The van der Waals surface area contributed by atoms with Gasteiger partial charge in [-0.3, -0.25) is 0 Å². The Morgan fingerprint density at radius 1 is 1.06 bits per heavy atom. The van der Waals surface area contributed by atoms with Crippen LogP contribution in [0.4, 0.5) is 5.69 Å². The maximum absolute atomic E-state index is 6.20. The molecule has 0 bridgehead atoms. The Kier molecular flexibility index (Phi) is 7.30. The quantitative estimate of drug-likeness (QED) is 0.406. The normalized spacial score (nSPS) is 16.4. The Labute approximate surface area is 200 Å². The third kappa shape index (κ3) is 4.76. The highest BCUT2D eigenvalue weighted by atomic mass is 35.5. The second-order valence-corrected chi connectivity index (χ2v) is 8.92. The number of rotatable bonds is 7. The summed E-state index contributed by atoms with van der Waals surface area (Å²) in [5.74, 6) is 1.75. The summed E-state index contributed by atoms with van der Waals surface area (Å²) in [6.07, 6.45) is 2.22. The van der Waals surface area contributed by atoms with Gasteiger partial charge in [0.05, 0.1) is 55.4 Å². The van der Waals surface area contributed by atoms with Gasteiger partial charge in [0.2, 0.25) is 5.75 Å². The predicted molar refractivity (Wildman–Crippen MR) is 128 cm³/mol. The van der Waals surface area contributed by atoms with Crippen LogP contribution in [0.25, 0.3) is 11.3 Å². The van der Waals surface area contributed by atoms with E-state index in [-0.39, 0.29) is 6.10 Å². The van der Waals surface area contributed by atoms with Gasteiger partial charge in [0.15, 0.2) is 16.3 Å². The van der Waals surface area contributed by atoms with E-state index in [9.17, 15) is 0 Å². The number of methoxy groups -OCH3 is 3. The molecule has 0 N–H and O–H groups in total. The molecule has 4 rings (SSSR count). The minimum Gasteiger partial charge on any atom is -0.493 e. The molecule has 1 unspecified atom stereocenters. The van der Waals surface area contributed by atoms with E-state index in [0.29, 0.717) is 33.8 Å². The van der Waals surface area contributed by atoms with Crippen LogP contribution < -0.4 is 19.0 Å². The SMILES string of the molecule is COc1cc(-c2csc(=Nc3ccc(Cl)c(Cl)c3)n2CC2CCCO2)cc(OC)c1OC. The largest absolute Gasteiger partial charge is 0.493 e. The molecule has 2 aromatic carbocycles. The summed E-state index contributed by atoms with van der Waals surface area (Å²) in [6, 6.07) is 9.25. The number of hydrogen-bond donors (Lipinski definition) is 0. The van der Waals surface area contributed by atoms with E-state index in [1.807, 2.05) is 18.2 Å². The Morgan fingerprint density at radius 2 is 1.81 bits per heavy atom. The number of hydrogen-bond acceptors (Lipinski definition) is 6. The van der Waals surface area contributed by atoms with Crippen LogP contribution in [-0.4, -0.2) is 38.6 Å². The Hall–Kier alpha value is -2.19. The lowest BCUT2D eigenvalue weighted by atomic mass is 10.1. The van der Waals surface area contributed by atoms with Crippen molar-refractivity contribution in [2.75, 3.05) is 27.9 Å². The topological polar surface area (TPSA) is 54.2 Å². The lowest BCUT2D eigenvalue weighted by molar-refractivity contribution is 0.0968. The van der Waals surface area contributed by atoms with Gasteiger partial charge >= 0.3 is 0 Å². The second-order valence-electron chi connectivity index (χ2n) is 7.27. The summed E-state index contributed by atoms with van der Waals surface area (Å²) in [5.41, 5.74) is 2.66. The fourth-order valence-corrected chi connectivity index (χ4v) is 4.94. The Balaban J connectivity index is 1.85. The van der Waals surface area contributed by atoms with E-state index in [1.54, 1.807) is 44.8 Å². The van der Waals surface area contributed by atoms with E-state index in [2.05, 4.69) is 9.95 Å². The lowest BCUT2D eigenvalue weighted by Crippen LogP contribution is -2.24. The summed E-state index contributed by atoms with van der Waals surface area (Å²) in [4.78, 5) is 5.68. The highest BCUT2D eigenvalue weighted by Crippen LogP contribution is 2.41. The third-order valence-corrected chi connectivity index (χ3v) is 6.90. The zero-order valence-corrected chi connectivity index (χ0v) is 20.4. The maximum Gasteiger partial charge on any atom is 0.203 e. The van der Waals surface area contributed by atoms with Crippen molar-refractivity contribution in [3.63, 3.8) is 0 Å². The van der Waals surface area contributed by atoms with Crippen molar-refractivity contribution in [3.05, 3.63) is 50.6 Å². The van der Waals surface area contributed by atoms with Gasteiger partial charge in [-0.25, -0.2) is 4.99 Å². The van der Waals surface area contributed by atoms with Crippen molar-refractivity contribution in [2.45, 2.75) is 25.5 Å². The number of nitrogens with zero attached hydrogens (tertiary/aromatic N) is 2. The summed E-state index contributed by atoms with van der Waals surface area (Å²) in [6.45, 7) is 1.48. The van der Waals surface area contributed by atoms with Crippen molar-refractivity contribution in [3.8, 4) is 28.5 Å². The molecule has 0 amide bonds. The standard InChI is InChI=1S/C23H24Cl2N2O4S/c1-28-20-9-14(10-21(29-2)22(20)30-3)19-13-32-23(27(19)12-16-5-4-8-31-16)26-15-6-7-17(24)18(25)11-15/h6-7,9-11,13,16H,4-5,8,12H2,1-3H3. The number of ether oxygens (including phenoxy) is 4. The third-order valence-electron chi connectivity index (χ3n) is 5.30. The van der Waals surface area contributed by atoms with Gasteiger partial charge < -0.3 is 23.5 Å². The first-order valence-corrected chi connectivity index (χ1v) is 11.8. The average molecular weight is 495 g/mol. The first-order valence-electron chi connectivity index (χ1n) is 10.1. The molecule has 1 aliphatic rings. The summed E-state index contributed by atoms with van der Waals surface area (Å²) >= 11 is 13.8. The smallest absolute Gasteiger partial charge is 0.203 e. The second kappa shape index (κ2) is 10.2. The molecule has 1 atom stereocenters.